The van der Waals surface area contributed by atoms with Crippen LogP contribution in [0.5, 0.6) is 0 Å². The molecule has 0 radical (unpaired) electrons. The van der Waals surface area contributed by atoms with Crippen LogP contribution in [-0.2, 0) is 0 Å². The summed E-state index contributed by atoms with van der Waals surface area (Å²) in [5.74, 6) is 0. The molecule has 0 aliphatic carbocycles. The summed E-state index contributed by atoms with van der Waals surface area (Å²) in [4.78, 5) is 5.93. The lowest BCUT2D eigenvalue weighted by Crippen LogP contribution is -2.09. The lowest BCUT2D eigenvalue weighted by Gasteiger charge is -2.26. The average molecular weight is 537 g/mol. The van der Waals surface area contributed by atoms with Crippen molar-refractivity contribution in [3.63, 3.8) is 0 Å². The van der Waals surface area contributed by atoms with Crippen LogP contribution in [-0.4, -0.2) is 4.98 Å². The van der Waals surface area contributed by atoms with Crippen LogP contribution in [0, 0.1) is 0 Å². The highest BCUT2D eigenvalue weighted by Gasteiger charge is 2.16. The van der Waals surface area contributed by atoms with E-state index in [4.69, 9.17) is 0 Å². The minimum Gasteiger partial charge on any atom is -0.354 e. The summed E-state index contributed by atoms with van der Waals surface area (Å²) in [6.07, 6.45) is 0. The van der Waals surface area contributed by atoms with Gasteiger partial charge in [0, 0.05) is 38.9 Å². The molecule has 0 fully saturated rings. The lowest BCUT2D eigenvalue weighted by molar-refractivity contribution is 1.29. The number of fused-ring (bicyclic) bond motifs is 4. The number of H-pyrrole nitrogens is 1. The van der Waals surface area contributed by atoms with Gasteiger partial charge >= 0.3 is 0 Å². The monoisotopic (exact) mass is 536 g/mol. The Labute approximate surface area is 245 Å². The molecule has 8 rings (SSSR count). The second-order valence-corrected chi connectivity index (χ2v) is 10.7. The maximum absolute atomic E-state index is 3.60. The van der Waals surface area contributed by atoms with Gasteiger partial charge in [0.05, 0.1) is 0 Å². The molecule has 0 atom stereocenters. The van der Waals surface area contributed by atoms with Crippen molar-refractivity contribution in [3.05, 3.63) is 164 Å². The van der Waals surface area contributed by atoms with Gasteiger partial charge in [0.25, 0.3) is 0 Å². The molecule has 0 amide bonds. The third kappa shape index (κ3) is 4.13. The second kappa shape index (κ2) is 10.1. The zero-order valence-electron chi connectivity index (χ0n) is 23.0. The van der Waals surface area contributed by atoms with Gasteiger partial charge in [0.15, 0.2) is 0 Å². The van der Waals surface area contributed by atoms with Crippen molar-refractivity contribution in [2.24, 2.45) is 0 Å². The van der Waals surface area contributed by atoms with Crippen molar-refractivity contribution in [1.82, 2.24) is 4.98 Å². The molecule has 0 bridgehead atoms. The van der Waals surface area contributed by atoms with E-state index in [1.807, 2.05) is 0 Å². The highest BCUT2D eigenvalue weighted by atomic mass is 15.1. The van der Waals surface area contributed by atoms with Gasteiger partial charge in [-0.25, -0.2) is 0 Å². The van der Waals surface area contributed by atoms with Crippen LogP contribution in [0.1, 0.15) is 0 Å². The molecule has 0 saturated heterocycles. The number of para-hydroxylation sites is 2. The Kier molecular flexibility index (Phi) is 5.82. The standard InChI is InChI=1S/C40H28N2/c1-2-13-31(14-3-1)42(33-26-21-28-11-4-5-12-30(28)27-33)32-24-22-29(23-25-32)34-15-6-7-16-35(34)36-18-10-20-39-40(36)37-17-8-9-19-38(37)41-39/h1-27,41H. The van der Waals surface area contributed by atoms with Crippen molar-refractivity contribution in [2.75, 3.05) is 4.90 Å². The third-order valence-electron chi connectivity index (χ3n) is 8.19. The van der Waals surface area contributed by atoms with Crippen LogP contribution in [0.25, 0.3) is 54.8 Å². The maximum atomic E-state index is 3.60. The fourth-order valence-corrected chi connectivity index (χ4v) is 6.23. The van der Waals surface area contributed by atoms with Gasteiger partial charge in [0.1, 0.15) is 0 Å². The molecule has 0 unspecified atom stereocenters. The molecule has 1 heterocycles. The Morgan fingerprint density at radius 3 is 1.86 bits per heavy atom. The van der Waals surface area contributed by atoms with Crippen molar-refractivity contribution >= 4 is 49.6 Å². The molecular weight excluding hydrogens is 508 g/mol. The molecule has 7 aromatic carbocycles. The first-order valence-corrected chi connectivity index (χ1v) is 14.4. The molecular formula is C40H28N2. The quantitative estimate of drug-likeness (QED) is 0.232. The normalized spacial score (nSPS) is 11.3. The van der Waals surface area contributed by atoms with E-state index >= 15 is 0 Å². The Morgan fingerprint density at radius 1 is 0.381 bits per heavy atom. The van der Waals surface area contributed by atoms with Gasteiger partial charge in [-0.1, -0.05) is 115 Å². The number of aromatic amines is 1. The number of aromatic nitrogens is 1. The molecule has 2 nitrogen and oxygen atoms in total. The molecule has 0 aliphatic rings. The lowest BCUT2D eigenvalue weighted by atomic mass is 9.92. The van der Waals surface area contributed by atoms with E-state index in [0.29, 0.717) is 0 Å². The number of nitrogens with one attached hydrogen (secondary N) is 1. The second-order valence-electron chi connectivity index (χ2n) is 10.7. The van der Waals surface area contributed by atoms with Crippen molar-refractivity contribution in [2.45, 2.75) is 0 Å². The molecule has 1 N–H and O–H groups in total. The van der Waals surface area contributed by atoms with E-state index < -0.39 is 0 Å². The van der Waals surface area contributed by atoms with E-state index in [1.165, 1.54) is 43.8 Å². The van der Waals surface area contributed by atoms with E-state index in [2.05, 4.69) is 174 Å². The van der Waals surface area contributed by atoms with Crippen LogP contribution in [0.2, 0.25) is 0 Å². The van der Waals surface area contributed by atoms with Gasteiger partial charge in [0.2, 0.25) is 0 Å². The predicted molar refractivity (Wildman–Crippen MR) is 179 cm³/mol. The number of nitrogens with zero attached hydrogens (tertiary/aromatic N) is 1. The number of benzene rings is 7. The number of anilines is 3. The van der Waals surface area contributed by atoms with Crippen LogP contribution in [0.4, 0.5) is 17.1 Å². The Bertz CT molecular complexity index is 2190. The van der Waals surface area contributed by atoms with Crippen molar-refractivity contribution < 1.29 is 0 Å². The van der Waals surface area contributed by atoms with Gasteiger partial charge < -0.3 is 9.88 Å². The third-order valence-corrected chi connectivity index (χ3v) is 8.19. The molecule has 42 heavy (non-hydrogen) atoms. The molecule has 0 saturated carbocycles. The first-order valence-electron chi connectivity index (χ1n) is 14.4. The average Bonchev–Trinajstić information content (AvgIpc) is 3.45. The smallest absolute Gasteiger partial charge is 0.0471 e. The summed E-state index contributed by atoms with van der Waals surface area (Å²) >= 11 is 0. The van der Waals surface area contributed by atoms with E-state index in [0.717, 1.165) is 28.1 Å². The Balaban J connectivity index is 1.24. The van der Waals surface area contributed by atoms with Crippen LogP contribution >= 0.6 is 0 Å². The Hall–Kier alpha value is -5.60. The van der Waals surface area contributed by atoms with Gasteiger partial charge in [-0.05, 0) is 81.6 Å². The number of hydrogen-bond acceptors (Lipinski definition) is 1. The fourth-order valence-electron chi connectivity index (χ4n) is 6.23. The highest BCUT2D eigenvalue weighted by molar-refractivity contribution is 6.15. The van der Waals surface area contributed by atoms with E-state index in [9.17, 15) is 0 Å². The van der Waals surface area contributed by atoms with E-state index in [1.54, 1.807) is 0 Å². The fraction of sp³-hybridized carbons (Fsp3) is 0. The Morgan fingerprint density at radius 2 is 1.00 bits per heavy atom. The van der Waals surface area contributed by atoms with Crippen molar-refractivity contribution in [3.8, 4) is 22.3 Å². The van der Waals surface area contributed by atoms with Crippen LogP contribution in [0.3, 0.4) is 0 Å². The SMILES string of the molecule is c1ccc(N(c2ccc(-c3ccccc3-c3cccc4[nH]c5ccccc5c34)cc2)c2ccc3ccccc3c2)cc1. The summed E-state index contributed by atoms with van der Waals surface area (Å²) < 4.78 is 0. The summed E-state index contributed by atoms with van der Waals surface area (Å²) in [6, 6.07) is 58.6. The first-order chi connectivity index (χ1) is 20.8. The molecule has 198 valence electrons. The molecule has 8 aromatic rings. The molecule has 1 aromatic heterocycles. The number of rotatable bonds is 5. The highest BCUT2D eigenvalue weighted by Crippen LogP contribution is 2.41. The van der Waals surface area contributed by atoms with Gasteiger partial charge in [-0.15, -0.1) is 0 Å². The maximum Gasteiger partial charge on any atom is 0.0471 e. The summed E-state index contributed by atoms with van der Waals surface area (Å²) in [7, 11) is 0. The first kappa shape index (κ1) is 24.2. The zero-order chi connectivity index (χ0) is 27.9. The minimum atomic E-state index is 1.12. The van der Waals surface area contributed by atoms with Crippen LogP contribution < -0.4 is 4.90 Å². The summed E-state index contributed by atoms with van der Waals surface area (Å²) in [5, 5.41) is 4.99. The molecule has 2 heteroatoms. The van der Waals surface area contributed by atoms with Crippen LogP contribution in [0.15, 0.2) is 164 Å². The number of hydrogen-bond donors (Lipinski definition) is 1. The largest absolute Gasteiger partial charge is 0.354 e. The summed E-state index contributed by atoms with van der Waals surface area (Å²) in [6.45, 7) is 0. The minimum absolute atomic E-state index is 1.12. The predicted octanol–water partition coefficient (Wildman–Crippen LogP) is 11.3. The topological polar surface area (TPSA) is 19.0 Å². The van der Waals surface area contributed by atoms with E-state index in [-0.39, 0.29) is 0 Å². The van der Waals surface area contributed by atoms with Gasteiger partial charge in [-0.2, -0.15) is 0 Å². The summed E-state index contributed by atoms with van der Waals surface area (Å²) in [5.41, 5.74) is 10.6. The van der Waals surface area contributed by atoms with Crippen molar-refractivity contribution in [1.29, 1.82) is 0 Å². The molecule has 0 aliphatic heterocycles. The van der Waals surface area contributed by atoms with Gasteiger partial charge in [-0.3, -0.25) is 0 Å². The molecule has 0 spiro atoms. The zero-order valence-corrected chi connectivity index (χ0v) is 23.0.